The van der Waals surface area contributed by atoms with Crippen molar-refractivity contribution in [3.8, 4) is 0 Å². The van der Waals surface area contributed by atoms with E-state index in [4.69, 9.17) is 5.84 Å². The van der Waals surface area contributed by atoms with Crippen LogP contribution in [0, 0.1) is 0 Å². The highest BCUT2D eigenvalue weighted by molar-refractivity contribution is 5.15. The SMILES string of the molecule is CC(C)c1noc(NN)n1. The van der Waals surface area contributed by atoms with Gasteiger partial charge in [-0.1, -0.05) is 19.0 Å². The third-order valence-electron chi connectivity index (χ3n) is 1.08. The minimum absolute atomic E-state index is 0.253. The number of nitrogens with two attached hydrogens (primary N) is 1. The summed E-state index contributed by atoms with van der Waals surface area (Å²) in [6, 6.07) is 0.253. The third-order valence-corrected chi connectivity index (χ3v) is 1.08. The van der Waals surface area contributed by atoms with E-state index < -0.39 is 0 Å². The molecule has 0 aliphatic heterocycles. The van der Waals surface area contributed by atoms with Crippen molar-refractivity contribution in [1.82, 2.24) is 10.1 Å². The fourth-order valence-corrected chi connectivity index (χ4v) is 0.528. The van der Waals surface area contributed by atoms with Crippen LogP contribution in [0.25, 0.3) is 0 Å². The van der Waals surface area contributed by atoms with E-state index in [0.29, 0.717) is 5.82 Å². The standard InChI is InChI=1S/C5H10N4O/c1-3(2)4-7-5(8-6)10-9-4/h3H,6H2,1-2H3,(H,7,8,9). The van der Waals surface area contributed by atoms with Crippen LogP contribution in [0.5, 0.6) is 0 Å². The van der Waals surface area contributed by atoms with Gasteiger partial charge in [0.25, 0.3) is 0 Å². The molecule has 0 aliphatic carbocycles. The second-order valence-corrected chi connectivity index (χ2v) is 2.26. The molecule has 0 amide bonds. The molecule has 0 radical (unpaired) electrons. The quantitative estimate of drug-likeness (QED) is 0.464. The van der Waals surface area contributed by atoms with Gasteiger partial charge in [-0.2, -0.15) is 4.98 Å². The zero-order chi connectivity index (χ0) is 7.56. The van der Waals surface area contributed by atoms with Crippen LogP contribution in [0.1, 0.15) is 25.6 Å². The number of nitrogen functional groups attached to an aromatic ring is 1. The summed E-state index contributed by atoms with van der Waals surface area (Å²) in [6.07, 6.45) is 0. The molecular weight excluding hydrogens is 132 g/mol. The zero-order valence-electron chi connectivity index (χ0n) is 5.96. The third kappa shape index (κ3) is 1.24. The number of nitrogens with zero attached hydrogens (tertiary/aromatic N) is 2. The lowest BCUT2D eigenvalue weighted by Crippen LogP contribution is -2.06. The lowest BCUT2D eigenvalue weighted by molar-refractivity contribution is 0.419. The van der Waals surface area contributed by atoms with Crippen molar-refractivity contribution < 1.29 is 4.52 Å². The first-order valence-corrected chi connectivity index (χ1v) is 3.04. The minimum Gasteiger partial charge on any atom is -0.314 e. The molecule has 0 aromatic carbocycles. The van der Waals surface area contributed by atoms with Gasteiger partial charge in [0.05, 0.1) is 0 Å². The minimum atomic E-state index is 0.253. The molecule has 0 aliphatic rings. The van der Waals surface area contributed by atoms with E-state index in [2.05, 4.69) is 20.1 Å². The molecule has 3 N–H and O–H groups in total. The molecule has 1 aromatic rings. The summed E-state index contributed by atoms with van der Waals surface area (Å²) in [7, 11) is 0. The molecule has 56 valence electrons. The number of hydrogen-bond donors (Lipinski definition) is 2. The Morgan fingerprint density at radius 3 is 2.60 bits per heavy atom. The average Bonchev–Trinajstić information content (AvgIpc) is 2.34. The monoisotopic (exact) mass is 142 g/mol. The van der Waals surface area contributed by atoms with Crippen molar-refractivity contribution in [2.45, 2.75) is 19.8 Å². The number of hydrogen-bond acceptors (Lipinski definition) is 5. The van der Waals surface area contributed by atoms with Crippen LogP contribution in [0.2, 0.25) is 0 Å². The number of rotatable bonds is 2. The summed E-state index contributed by atoms with van der Waals surface area (Å²) in [6.45, 7) is 3.95. The van der Waals surface area contributed by atoms with Gasteiger partial charge < -0.3 is 4.52 Å². The first kappa shape index (κ1) is 7.01. The second-order valence-electron chi connectivity index (χ2n) is 2.26. The van der Waals surface area contributed by atoms with E-state index >= 15 is 0 Å². The van der Waals surface area contributed by atoms with Crippen molar-refractivity contribution in [3.63, 3.8) is 0 Å². The van der Waals surface area contributed by atoms with Crippen molar-refractivity contribution in [3.05, 3.63) is 5.82 Å². The fourth-order valence-electron chi connectivity index (χ4n) is 0.528. The Labute approximate surface area is 58.6 Å². The van der Waals surface area contributed by atoms with Crippen LogP contribution in [0.15, 0.2) is 4.52 Å². The highest BCUT2D eigenvalue weighted by Crippen LogP contribution is 2.10. The van der Waals surface area contributed by atoms with Crippen molar-refractivity contribution in [2.75, 3.05) is 5.43 Å². The zero-order valence-corrected chi connectivity index (χ0v) is 5.96. The number of aromatic nitrogens is 2. The van der Waals surface area contributed by atoms with Crippen LogP contribution < -0.4 is 11.3 Å². The topological polar surface area (TPSA) is 77.0 Å². The predicted octanol–water partition coefficient (Wildman–Crippen LogP) is 0.479. The molecule has 5 nitrogen and oxygen atoms in total. The molecule has 0 unspecified atom stereocenters. The van der Waals surface area contributed by atoms with E-state index in [9.17, 15) is 0 Å². The van der Waals surface area contributed by atoms with E-state index in [0.717, 1.165) is 0 Å². The first-order chi connectivity index (χ1) is 4.74. The Balaban J connectivity index is 2.78. The second kappa shape index (κ2) is 2.66. The Kier molecular flexibility index (Phi) is 1.86. The summed E-state index contributed by atoms with van der Waals surface area (Å²) in [5.41, 5.74) is 2.26. The van der Waals surface area contributed by atoms with E-state index in [1.54, 1.807) is 0 Å². The largest absolute Gasteiger partial charge is 0.335 e. The molecule has 5 heteroatoms. The van der Waals surface area contributed by atoms with E-state index in [1.807, 2.05) is 13.8 Å². The summed E-state index contributed by atoms with van der Waals surface area (Å²) in [5, 5.41) is 3.66. The van der Waals surface area contributed by atoms with Crippen molar-refractivity contribution >= 4 is 6.01 Å². The van der Waals surface area contributed by atoms with Gasteiger partial charge in [0.15, 0.2) is 5.82 Å². The molecule has 1 rings (SSSR count). The van der Waals surface area contributed by atoms with Gasteiger partial charge in [-0.05, 0) is 0 Å². The van der Waals surface area contributed by atoms with Crippen molar-refractivity contribution in [2.24, 2.45) is 5.84 Å². The molecule has 0 atom stereocenters. The lowest BCUT2D eigenvalue weighted by Gasteiger charge is -1.91. The normalized spacial score (nSPS) is 10.4. The van der Waals surface area contributed by atoms with Gasteiger partial charge in [0.2, 0.25) is 0 Å². The first-order valence-electron chi connectivity index (χ1n) is 3.04. The molecule has 10 heavy (non-hydrogen) atoms. The Morgan fingerprint density at radius 1 is 1.60 bits per heavy atom. The molecular formula is C5H10N4O. The van der Waals surface area contributed by atoms with Crippen LogP contribution in [-0.2, 0) is 0 Å². The van der Waals surface area contributed by atoms with Gasteiger partial charge in [-0.25, -0.2) is 5.84 Å². The fraction of sp³-hybridized carbons (Fsp3) is 0.600. The molecule has 0 saturated carbocycles. The van der Waals surface area contributed by atoms with Gasteiger partial charge in [-0.3, -0.25) is 5.43 Å². The van der Waals surface area contributed by atoms with Gasteiger partial charge in [0.1, 0.15) is 0 Å². The van der Waals surface area contributed by atoms with Gasteiger partial charge >= 0.3 is 6.01 Å². The summed E-state index contributed by atoms with van der Waals surface area (Å²) >= 11 is 0. The maximum Gasteiger partial charge on any atom is 0.335 e. The highest BCUT2D eigenvalue weighted by Gasteiger charge is 2.06. The molecule has 1 aromatic heterocycles. The Hall–Kier alpha value is -1.10. The van der Waals surface area contributed by atoms with Crippen LogP contribution in [0.4, 0.5) is 6.01 Å². The number of nitrogens with one attached hydrogen (secondary N) is 1. The maximum absolute atomic E-state index is 5.02. The molecule has 0 fully saturated rings. The summed E-state index contributed by atoms with van der Waals surface area (Å²) < 4.78 is 4.68. The summed E-state index contributed by atoms with van der Waals surface area (Å²) in [4.78, 5) is 3.91. The maximum atomic E-state index is 5.02. The van der Waals surface area contributed by atoms with Crippen LogP contribution >= 0.6 is 0 Å². The van der Waals surface area contributed by atoms with Crippen molar-refractivity contribution in [1.29, 1.82) is 0 Å². The number of hydrazine groups is 1. The lowest BCUT2D eigenvalue weighted by atomic mass is 10.2. The van der Waals surface area contributed by atoms with Gasteiger partial charge in [0, 0.05) is 5.92 Å². The Bertz CT molecular complexity index is 207. The Morgan fingerprint density at radius 2 is 2.30 bits per heavy atom. The molecule has 1 heterocycles. The highest BCUT2D eigenvalue weighted by atomic mass is 16.5. The van der Waals surface area contributed by atoms with E-state index in [-0.39, 0.29) is 11.9 Å². The summed E-state index contributed by atoms with van der Waals surface area (Å²) in [5.74, 6) is 5.95. The number of anilines is 1. The van der Waals surface area contributed by atoms with Crippen LogP contribution in [-0.4, -0.2) is 10.1 Å². The molecule has 0 spiro atoms. The van der Waals surface area contributed by atoms with Crippen LogP contribution in [0.3, 0.4) is 0 Å². The average molecular weight is 142 g/mol. The molecule has 0 bridgehead atoms. The smallest absolute Gasteiger partial charge is 0.314 e. The molecule has 0 saturated heterocycles. The van der Waals surface area contributed by atoms with E-state index in [1.165, 1.54) is 0 Å². The van der Waals surface area contributed by atoms with Gasteiger partial charge in [-0.15, -0.1) is 0 Å². The predicted molar refractivity (Wildman–Crippen MR) is 36.2 cm³/mol.